The largest absolute Gasteiger partial charge is 0.290 e. The highest BCUT2D eigenvalue weighted by Gasteiger charge is 1.85. The van der Waals surface area contributed by atoms with Crippen molar-refractivity contribution in [2.45, 2.75) is 13.8 Å². The highest BCUT2D eigenvalue weighted by molar-refractivity contribution is 6.00. The molecule has 0 rings (SSSR count). The van der Waals surface area contributed by atoms with Gasteiger partial charge < -0.3 is 0 Å². The summed E-state index contributed by atoms with van der Waals surface area (Å²) in [4.78, 5) is 3.68. The van der Waals surface area contributed by atoms with Gasteiger partial charge in [-0.1, -0.05) is 6.58 Å². The van der Waals surface area contributed by atoms with Gasteiger partial charge in [0.25, 0.3) is 0 Å². The Morgan fingerprint density at radius 2 is 2.12 bits per heavy atom. The van der Waals surface area contributed by atoms with Crippen LogP contribution < -0.4 is 0 Å². The van der Waals surface area contributed by atoms with E-state index in [0.717, 1.165) is 17.6 Å². The van der Waals surface area contributed by atoms with Gasteiger partial charge in [-0.2, -0.15) is 0 Å². The Kier molecular flexibility index (Phi) is 2.77. The van der Waals surface area contributed by atoms with Crippen molar-refractivity contribution in [2.24, 2.45) is 4.99 Å². The fraction of sp³-hybridized carbons (Fsp3) is 0.333. The van der Waals surface area contributed by atoms with E-state index in [2.05, 4.69) is 11.6 Å². The molecule has 0 saturated heterocycles. The first-order valence-electron chi connectivity index (χ1n) is 2.37. The topological polar surface area (TPSA) is 36.2 Å². The Bertz CT molecular complexity index is 133. The van der Waals surface area contributed by atoms with Crippen LogP contribution in [-0.2, 0) is 0 Å². The quantitative estimate of drug-likeness (QED) is 0.414. The van der Waals surface area contributed by atoms with Gasteiger partial charge in [-0.15, -0.1) is 0 Å². The summed E-state index contributed by atoms with van der Waals surface area (Å²) in [6.45, 7) is 7.33. The van der Waals surface area contributed by atoms with Crippen molar-refractivity contribution in [3.63, 3.8) is 0 Å². The van der Waals surface area contributed by atoms with Gasteiger partial charge in [0.2, 0.25) is 0 Å². The predicted molar refractivity (Wildman–Crippen MR) is 36.7 cm³/mol. The van der Waals surface area contributed by atoms with E-state index in [1.54, 1.807) is 0 Å². The van der Waals surface area contributed by atoms with Crippen LogP contribution in [-0.4, -0.2) is 12.1 Å². The van der Waals surface area contributed by atoms with Crippen LogP contribution in [0.1, 0.15) is 13.8 Å². The van der Waals surface area contributed by atoms with Crippen molar-refractivity contribution in [3.05, 3.63) is 12.2 Å². The lowest BCUT2D eigenvalue weighted by atomic mass is 10.2. The van der Waals surface area contributed by atoms with Crippen molar-refractivity contribution < 1.29 is 0 Å². The van der Waals surface area contributed by atoms with Gasteiger partial charge in [0.15, 0.2) is 0 Å². The van der Waals surface area contributed by atoms with Crippen molar-refractivity contribution in [2.75, 3.05) is 0 Å². The minimum absolute atomic E-state index is 0.819. The van der Waals surface area contributed by atoms with Gasteiger partial charge >= 0.3 is 0 Å². The van der Waals surface area contributed by atoms with Crippen LogP contribution in [0, 0.1) is 5.41 Å². The molecule has 1 N–H and O–H groups in total. The number of allylic oxidation sites excluding steroid dienone is 1. The Hall–Kier alpha value is -0.920. The molecule has 8 heavy (non-hydrogen) atoms. The molecule has 0 aliphatic heterocycles. The molecule has 0 amide bonds. The van der Waals surface area contributed by atoms with Gasteiger partial charge in [-0.3, -0.25) is 5.41 Å². The summed E-state index contributed by atoms with van der Waals surface area (Å²) in [7, 11) is 0. The molecule has 0 fully saturated rings. The number of rotatable bonds is 2. The smallest absolute Gasteiger partial charge is 0.107 e. The third kappa shape index (κ3) is 2.29. The van der Waals surface area contributed by atoms with Gasteiger partial charge in [0.05, 0.1) is 0 Å². The van der Waals surface area contributed by atoms with E-state index >= 15 is 0 Å². The molecule has 0 saturated carbocycles. The Labute approximate surface area is 49.5 Å². The highest BCUT2D eigenvalue weighted by atomic mass is 14.8. The molecule has 0 aliphatic rings. The zero-order valence-corrected chi connectivity index (χ0v) is 5.23. The molecule has 0 aromatic rings. The van der Waals surface area contributed by atoms with Gasteiger partial charge in [0.1, 0.15) is 6.34 Å². The summed E-state index contributed by atoms with van der Waals surface area (Å²) in [6.07, 6.45) is 1.02. The Morgan fingerprint density at radius 1 is 1.62 bits per heavy atom. The minimum atomic E-state index is 0.819. The van der Waals surface area contributed by atoms with E-state index in [9.17, 15) is 0 Å². The second kappa shape index (κ2) is 3.13. The number of hydrogen-bond donors (Lipinski definition) is 1. The molecule has 0 spiro atoms. The third-order valence-electron chi connectivity index (χ3n) is 0.876. The number of nitrogens with one attached hydrogen (secondary N) is 1. The Balaban J connectivity index is 3.99. The normalized spacial score (nSPS) is 11.0. The molecule has 0 bridgehead atoms. The fourth-order valence-electron chi connectivity index (χ4n) is 0.207. The molecular formula is C6H10N2. The molecule has 0 radical (unpaired) electrons. The first-order valence-corrected chi connectivity index (χ1v) is 2.37. The second-order valence-electron chi connectivity index (χ2n) is 1.62. The highest BCUT2D eigenvalue weighted by Crippen LogP contribution is 1.89. The number of aliphatic imine (C=N–C) groups is 1. The zero-order valence-electron chi connectivity index (χ0n) is 5.23. The summed E-state index contributed by atoms with van der Waals surface area (Å²) in [5.41, 5.74) is 1.73. The summed E-state index contributed by atoms with van der Waals surface area (Å²) in [5, 5.41) is 6.57. The monoisotopic (exact) mass is 110 g/mol. The van der Waals surface area contributed by atoms with E-state index in [1.165, 1.54) is 0 Å². The first-order chi connectivity index (χ1) is 3.68. The van der Waals surface area contributed by atoms with Crippen molar-refractivity contribution in [3.8, 4) is 0 Å². The molecule has 44 valence electrons. The van der Waals surface area contributed by atoms with Crippen LogP contribution in [0.15, 0.2) is 17.1 Å². The second-order valence-corrected chi connectivity index (χ2v) is 1.62. The maximum atomic E-state index is 6.57. The maximum Gasteiger partial charge on any atom is 0.107 e. The molecule has 0 aromatic heterocycles. The molecular weight excluding hydrogens is 100 g/mol. The predicted octanol–water partition coefficient (Wildman–Crippen LogP) is 1.63. The van der Waals surface area contributed by atoms with Crippen LogP contribution in [0.25, 0.3) is 0 Å². The van der Waals surface area contributed by atoms with E-state index < -0.39 is 0 Å². The van der Waals surface area contributed by atoms with Crippen molar-refractivity contribution in [1.29, 1.82) is 5.41 Å². The summed E-state index contributed by atoms with van der Waals surface area (Å²) in [6, 6.07) is 0. The van der Waals surface area contributed by atoms with Crippen LogP contribution in [0.3, 0.4) is 0 Å². The lowest BCUT2D eigenvalue weighted by Crippen LogP contribution is -1.90. The maximum absolute atomic E-state index is 6.57. The van der Waals surface area contributed by atoms with Crippen LogP contribution in [0.5, 0.6) is 0 Å². The average Bonchev–Trinajstić information content (AvgIpc) is 1.67. The van der Waals surface area contributed by atoms with E-state index in [1.807, 2.05) is 13.8 Å². The average molecular weight is 110 g/mol. The van der Waals surface area contributed by atoms with E-state index in [-0.39, 0.29) is 0 Å². The van der Waals surface area contributed by atoms with E-state index in [4.69, 9.17) is 5.41 Å². The molecule has 0 aliphatic carbocycles. The fourth-order valence-corrected chi connectivity index (χ4v) is 0.207. The number of nitrogens with zero attached hydrogens (tertiary/aromatic N) is 1. The molecule has 0 aromatic carbocycles. The molecule has 2 heteroatoms. The first kappa shape index (κ1) is 7.08. The van der Waals surface area contributed by atoms with Crippen molar-refractivity contribution >= 4 is 12.1 Å². The lowest BCUT2D eigenvalue weighted by molar-refractivity contribution is 1.48. The standard InChI is InChI=1S/C6H10N2/c1-5(2)6(3)8-4-7/h4,7H,1H2,2-3H3. The summed E-state index contributed by atoms with van der Waals surface area (Å²) in [5.74, 6) is 0. The minimum Gasteiger partial charge on any atom is -0.290 e. The molecule has 2 nitrogen and oxygen atoms in total. The SMILES string of the molecule is C=C(C)C(C)=NC=N. The van der Waals surface area contributed by atoms with E-state index in [0.29, 0.717) is 0 Å². The lowest BCUT2D eigenvalue weighted by Gasteiger charge is -1.90. The van der Waals surface area contributed by atoms with Gasteiger partial charge in [-0.25, -0.2) is 4.99 Å². The summed E-state index contributed by atoms with van der Waals surface area (Å²) < 4.78 is 0. The summed E-state index contributed by atoms with van der Waals surface area (Å²) >= 11 is 0. The van der Waals surface area contributed by atoms with Gasteiger partial charge in [-0.05, 0) is 19.4 Å². The zero-order chi connectivity index (χ0) is 6.57. The molecule has 0 atom stereocenters. The van der Waals surface area contributed by atoms with Crippen LogP contribution in [0.4, 0.5) is 0 Å². The Morgan fingerprint density at radius 3 is 2.25 bits per heavy atom. The third-order valence-corrected chi connectivity index (χ3v) is 0.876. The number of hydrogen-bond acceptors (Lipinski definition) is 1. The van der Waals surface area contributed by atoms with Crippen LogP contribution >= 0.6 is 0 Å². The van der Waals surface area contributed by atoms with Gasteiger partial charge in [0, 0.05) is 5.71 Å². The molecule has 0 unspecified atom stereocenters. The van der Waals surface area contributed by atoms with Crippen LogP contribution in [0.2, 0.25) is 0 Å². The van der Waals surface area contributed by atoms with Crippen molar-refractivity contribution in [1.82, 2.24) is 0 Å². The molecule has 0 heterocycles.